The van der Waals surface area contributed by atoms with E-state index in [1.807, 2.05) is 31.2 Å². The predicted octanol–water partition coefficient (Wildman–Crippen LogP) is 4.79. The van der Waals surface area contributed by atoms with Crippen LogP contribution in [0.2, 0.25) is 0 Å². The van der Waals surface area contributed by atoms with Crippen LogP contribution in [0.15, 0.2) is 41.0 Å². The van der Waals surface area contributed by atoms with E-state index in [2.05, 4.69) is 45.1 Å². The number of benzene rings is 1. The van der Waals surface area contributed by atoms with Crippen molar-refractivity contribution in [3.63, 3.8) is 0 Å². The summed E-state index contributed by atoms with van der Waals surface area (Å²) in [5.74, 6) is 1.02. The van der Waals surface area contributed by atoms with E-state index in [-0.39, 0.29) is 12.1 Å². The van der Waals surface area contributed by atoms with Crippen LogP contribution in [0.5, 0.6) is 0 Å². The summed E-state index contributed by atoms with van der Waals surface area (Å²) in [5, 5.41) is 3.24. The normalized spacial score (nSPS) is 14.4. The Morgan fingerprint density at radius 2 is 1.96 bits per heavy atom. The molecule has 0 unspecified atom stereocenters. The van der Waals surface area contributed by atoms with Crippen LogP contribution in [0.25, 0.3) is 0 Å². The van der Waals surface area contributed by atoms with Crippen molar-refractivity contribution in [1.82, 2.24) is 9.97 Å². The maximum atomic E-state index is 11.6. The molecule has 2 aromatic rings. The van der Waals surface area contributed by atoms with E-state index in [4.69, 9.17) is 4.74 Å². The second-order valence-electron chi connectivity index (χ2n) is 5.63. The molecular formula is C18H23BrN4O2. The molecule has 1 saturated heterocycles. The van der Waals surface area contributed by atoms with Gasteiger partial charge in [-0.3, -0.25) is 4.90 Å². The molecule has 0 aliphatic carbocycles. The number of amides is 1. The average Bonchev–Trinajstić information content (AvgIpc) is 3.02. The maximum absolute atomic E-state index is 11.6. The number of halogens is 1. The fraction of sp³-hybridized carbons (Fsp3) is 0.389. The molecule has 0 spiro atoms. The van der Waals surface area contributed by atoms with Crippen molar-refractivity contribution >= 4 is 33.8 Å². The summed E-state index contributed by atoms with van der Waals surface area (Å²) < 4.78 is 5.96. The van der Waals surface area contributed by atoms with Crippen LogP contribution in [0, 0.1) is 0 Å². The number of hydrogen-bond donors (Lipinski definition) is 1. The van der Waals surface area contributed by atoms with Crippen molar-refractivity contribution < 1.29 is 9.53 Å². The first kappa shape index (κ1) is 19.2. The highest BCUT2D eigenvalue weighted by atomic mass is 79.9. The van der Waals surface area contributed by atoms with E-state index in [1.165, 1.54) is 11.3 Å². The molecule has 0 bridgehead atoms. The van der Waals surface area contributed by atoms with Crippen molar-refractivity contribution in [3.8, 4) is 0 Å². The van der Waals surface area contributed by atoms with Crippen LogP contribution in [-0.4, -0.2) is 29.2 Å². The molecule has 0 saturated carbocycles. The van der Waals surface area contributed by atoms with Gasteiger partial charge in [0.1, 0.15) is 12.4 Å². The second kappa shape index (κ2) is 9.36. The minimum atomic E-state index is -0.370. The van der Waals surface area contributed by atoms with Gasteiger partial charge in [0, 0.05) is 10.7 Å². The van der Waals surface area contributed by atoms with Gasteiger partial charge in [-0.2, -0.15) is 4.98 Å². The van der Waals surface area contributed by atoms with E-state index in [9.17, 15) is 4.79 Å². The standard InChI is InChI=1S/C15H15BrN4O2.C3H8/c1-10(11-2-4-12(16)5-3-11)18-14-17-7-6-13(19-14)20-8-9-22-15(20)21;1-3-2/h2-7,10H,8-9H2,1H3,(H,17,18,19);3H2,1-2H3/t10-;/m1./s1. The molecule has 25 heavy (non-hydrogen) atoms. The lowest BCUT2D eigenvalue weighted by Gasteiger charge is -2.16. The van der Waals surface area contributed by atoms with Crippen LogP contribution in [0.3, 0.4) is 0 Å². The maximum Gasteiger partial charge on any atom is 0.415 e. The Bertz CT molecular complexity index is 694. The molecule has 134 valence electrons. The molecular weight excluding hydrogens is 384 g/mol. The van der Waals surface area contributed by atoms with Gasteiger partial charge in [0.05, 0.1) is 12.6 Å². The largest absolute Gasteiger partial charge is 0.447 e. The third-order valence-electron chi connectivity index (χ3n) is 3.39. The van der Waals surface area contributed by atoms with E-state index >= 15 is 0 Å². The summed E-state index contributed by atoms with van der Waals surface area (Å²) in [6.07, 6.45) is 2.51. The van der Waals surface area contributed by atoms with Crippen LogP contribution in [0.1, 0.15) is 38.8 Å². The number of anilines is 2. The number of rotatable bonds is 4. The molecule has 1 aliphatic heterocycles. The molecule has 0 radical (unpaired) electrons. The highest BCUT2D eigenvalue weighted by Gasteiger charge is 2.25. The van der Waals surface area contributed by atoms with Crippen molar-refractivity contribution in [3.05, 3.63) is 46.6 Å². The van der Waals surface area contributed by atoms with Crippen LogP contribution in [-0.2, 0) is 4.74 Å². The van der Waals surface area contributed by atoms with Crippen molar-refractivity contribution in [2.75, 3.05) is 23.4 Å². The summed E-state index contributed by atoms with van der Waals surface area (Å²) in [6, 6.07) is 9.79. The average molecular weight is 407 g/mol. The van der Waals surface area contributed by atoms with Gasteiger partial charge in [-0.25, -0.2) is 9.78 Å². The van der Waals surface area contributed by atoms with E-state index in [0.29, 0.717) is 24.9 Å². The molecule has 3 rings (SSSR count). The monoisotopic (exact) mass is 406 g/mol. The summed E-state index contributed by atoms with van der Waals surface area (Å²) in [5.41, 5.74) is 1.12. The Kier molecular flexibility index (Phi) is 7.18. The number of hydrogen-bond acceptors (Lipinski definition) is 5. The first-order valence-electron chi connectivity index (χ1n) is 8.34. The lowest BCUT2D eigenvalue weighted by molar-refractivity contribution is 0.181. The SMILES string of the molecule is CCC.C[C@@H](Nc1nccc(N2CCOC2=O)n1)c1ccc(Br)cc1. The molecule has 1 fully saturated rings. The molecule has 2 heterocycles. The summed E-state index contributed by atoms with van der Waals surface area (Å²) in [7, 11) is 0. The van der Waals surface area contributed by atoms with Gasteiger partial charge in [0.2, 0.25) is 5.95 Å². The number of nitrogens with one attached hydrogen (secondary N) is 1. The Balaban J connectivity index is 0.000000701. The molecule has 1 aromatic heterocycles. The van der Waals surface area contributed by atoms with Crippen LogP contribution < -0.4 is 10.2 Å². The third kappa shape index (κ3) is 5.42. The lowest BCUT2D eigenvalue weighted by atomic mass is 10.1. The highest BCUT2D eigenvalue weighted by Crippen LogP contribution is 2.21. The molecule has 6 nitrogen and oxygen atoms in total. The number of ether oxygens (including phenoxy) is 1. The first-order valence-corrected chi connectivity index (χ1v) is 9.13. The zero-order valence-corrected chi connectivity index (χ0v) is 16.3. The summed E-state index contributed by atoms with van der Waals surface area (Å²) in [4.78, 5) is 21.7. The van der Waals surface area contributed by atoms with Gasteiger partial charge in [-0.05, 0) is 30.7 Å². The molecule has 1 aromatic carbocycles. The van der Waals surface area contributed by atoms with Gasteiger partial charge in [-0.15, -0.1) is 0 Å². The van der Waals surface area contributed by atoms with E-state index < -0.39 is 0 Å². The Morgan fingerprint density at radius 1 is 1.28 bits per heavy atom. The first-order chi connectivity index (χ1) is 12.0. The Hall–Kier alpha value is -2.15. The van der Waals surface area contributed by atoms with Crippen LogP contribution in [0.4, 0.5) is 16.6 Å². The van der Waals surface area contributed by atoms with Gasteiger partial charge in [0.15, 0.2) is 0 Å². The minimum Gasteiger partial charge on any atom is -0.447 e. The summed E-state index contributed by atoms with van der Waals surface area (Å²) >= 11 is 3.42. The Morgan fingerprint density at radius 3 is 2.56 bits per heavy atom. The smallest absolute Gasteiger partial charge is 0.415 e. The fourth-order valence-corrected chi connectivity index (χ4v) is 2.46. The third-order valence-corrected chi connectivity index (χ3v) is 3.92. The lowest BCUT2D eigenvalue weighted by Crippen LogP contribution is -2.25. The van der Waals surface area contributed by atoms with E-state index in [0.717, 1.165) is 10.0 Å². The topological polar surface area (TPSA) is 67.3 Å². The van der Waals surface area contributed by atoms with Gasteiger partial charge >= 0.3 is 6.09 Å². The van der Waals surface area contributed by atoms with Gasteiger partial charge in [0.25, 0.3) is 0 Å². The van der Waals surface area contributed by atoms with Gasteiger partial charge < -0.3 is 10.1 Å². The van der Waals surface area contributed by atoms with Crippen molar-refractivity contribution in [2.45, 2.75) is 33.2 Å². The molecule has 1 atom stereocenters. The van der Waals surface area contributed by atoms with Crippen molar-refractivity contribution in [1.29, 1.82) is 0 Å². The molecule has 1 N–H and O–H groups in total. The van der Waals surface area contributed by atoms with E-state index in [1.54, 1.807) is 12.3 Å². The number of nitrogens with zero attached hydrogens (tertiary/aromatic N) is 3. The number of carbonyl (C=O) groups excluding carboxylic acids is 1. The minimum absolute atomic E-state index is 0.0499. The Labute approximate surface area is 156 Å². The second-order valence-corrected chi connectivity index (χ2v) is 6.54. The number of aromatic nitrogens is 2. The van der Waals surface area contributed by atoms with Crippen molar-refractivity contribution in [2.24, 2.45) is 0 Å². The summed E-state index contributed by atoms with van der Waals surface area (Å²) in [6.45, 7) is 7.18. The zero-order valence-electron chi connectivity index (χ0n) is 14.7. The quantitative estimate of drug-likeness (QED) is 0.790. The molecule has 7 heteroatoms. The highest BCUT2D eigenvalue weighted by molar-refractivity contribution is 9.10. The predicted molar refractivity (Wildman–Crippen MR) is 103 cm³/mol. The molecule has 1 aliphatic rings. The number of cyclic esters (lactones) is 1. The van der Waals surface area contributed by atoms with Crippen LogP contribution >= 0.6 is 15.9 Å². The number of carbonyl (C=O) groups is 1. The fourth-order valence-electron chi connectivity index (χ4n) is 2.20. The zero-order chi connectivity index (χ0) is 18.2. The molecule has 1 amide bonds. The van der Waals surface area contributed by atoms with Gasteiger partial charge in [-0.1, -0.05) is 48.3 Å².